The van der Waals surface area contributed by atoms with Gasteiger partial charge in [0.2, 0.25) is 0 Å². The van der Waals surface area contributed by atoms with Crippen LogP contribution in [0.15, 0.2) is 85.1 Å². The van der Waals surface area contributed by atoms with Crippen molar-refractivity contribution in [2.75, 3.05) is 0 Å². The summed E-state index contributed by atoms with van der Waals surface area (Å²) in [6.45, 7) is 11.3. The van der Waals surface area contributed by atoms with E-state index in [2.05, 4.69) is 118 Å². The van der Waals surface area contributed by atoms with Crippen molar-refractivity contribution in [1.29, 1.82) is 0 Å². The normalized spacial score (nSPS) is 11.4. The van der Waals surface area contributed by atoms with Gasteiger partial charge in [-0.3, -0.25) is 4.98 Å². The van der Waals surface area contributed by atoms with E-state index in [1.165, 1.54) is 82.8 Å². The molecule has 0 saturated heterocycles. The first-order valence-corrected chi connectivity index (χ1v) is 18.4. The lowest BCUT2D eigenvalue weighted by atomic mass is 9.97. The molecule has 0 aliphatic heterocycles. The first kappa shape index (κ1) is 30.7. The Morgan fingerprint density at radius 3 is 1.75 bits per heavy atom. The first-order chi connectivity index (χ1) is 21.5. The standard InChI is InChI=1S/C40H41NS3/c1-6-8-15-31-32(16-9-7-2)40(37-20-18-35(43-37)38-27(4)23-26(3)24-28(38)5)44-39(31)36-19-17-34(42-36)30-21-22-41-33(25-30)29-13-11-10-12-14-29/h10-14,17-25H,6-9,15-16H2,1-5H3. The fourth-order valence-corrected chi connectivity index (χ4v) is 10.1. The molecule has 0 bridgehead atoms. The van der Waals surface area contributed by atoms with Gasteiger partial charge in [-0.05, 0) is 116 Å². The second-order valence-corrected chi connectivity index (χ2v) is 15.0. The summed E-state index contributed by atoms with van der Waals surface area (Å²) in [5, 5.41) is 0. The number of aryl methyl sites for hydroxylation is 3. The number of unbranched alkanes of at least 4 members (excludes halogenated alkanes) is 2. The average Bonchev–Trinajstić information content (AvgIpc) is 3.78. The highest BCUT2D eigenvalue weighted by atomic mass is 32.1. The van der Waals surface area contributed by atoms with Gasteiger partial charge in [-0.2, -0.15) is 0 Å². The molecule has 4 aromatic heterocycles. The maximum Gasteiger partial charge on any atom is 0.0708 e. The average molecular weight is 632 g/mol. The van der Waals surface area contributed by atoms with Crippen LogP contribution < -0.4 is 0 Å². The smallest absolute Gasteiger partial charge is 0.0708 e. The summed E-state index contributed by atoms with van der Waals surface area (Å²) in [5.74, 6) is 0. The number of rotatable bonds is 11. The minimum atomic E-state index is 1.02. The summed E-state index contributed by atoms with van der Waals surface area (Å²) in [6, 6.07) is 28.9. The van der Waals surface area contributed by atoms with Crippen molar-refractivity contribution >= 4 is 34.0 Å². The molecule has 0 aliphatic rings. The third-order valence-corrected chi connectivity index (χ3v) is 12.2. The topological polar surface area (TPSA) is 12.9 Å². The molecule has 0 saturated carbocycles. The minimum Gasteiger partial charge on any atom is -0.256 e. The van der Waals surface area contributed by atoms with Gasteiger partial charge in [0.25, 0.3) is 0 Å². The van der Waals surface area contributed by atoms with Crippen molar-refractivity contribution < 1.29 is 0 Å². The van der Waals surface area contributed by atoms with E-state index in [0.717, 1.165) is 24.1 Å². The molecule has 6 rings (SSSR count). The first-order valence-electron chi connectivity index (χ1n) is 15.9. The zero-order valence-electron chi connectivity index (χ0n) is 26.5. The fraction of sp³-hybridized carbons (Fsp3) is 0.275. The highest BCUT2D eigenvalue weighted by Gasteiger charge is 2.23. The lowest BCUT2D eigenvalue weighted by molar-refractivity contribution is 0.764. The lowest BCUT2D eigenvalue weighted by Gasteiger charge is -2.09. The molecule has 4 heteroatoms. The molecule has 0 radical (unpaired) electrons. The molecule has 0 unspecified atom stereocenters. The van der Waals surface area contributed by atoms with Crippen LogP contribution in [0.4, 0.5) is 0 Å². The van der Waals surface area contributed by atoms with Crippen LogP contribution in [0, 0.1) is 20.8 Å². The van der Waals surface area contributed by atoms with Gasteiger partial charge in [0.15, 0.2) is 0 Å². The van der Waals surface area contributed by atoms with Crippen LogP contribution in [0.2, 0.25) is 0 Å². The number of hydrogen-bond donors (Lipinski definition) is 0. The van der Waals surface area contributed by atoms with Gasteiger partial charge < -0.3 is 0 Å². The molecule has 6 aromatic rings. The summed E-state index contributed by atoms with van der Waals surface area (Å²) < 4.78 is 0. The Morgan fingerprint density at radius 1 is 0.568 bits per heavy atom. The van der Waals surface area contributed by atoms with Crippen LogP contribution in [0.1, 0.15) is 67.3 Å². The van der Waals surface area contributed by atoms with Gasteiger partial charge in [-0.25, -0.2) is 0 Å². The largest absolute Gasteiger partial charge is 0.256 e. The summed E-state index contributed by atoms with van der Waals surface area (Å²) in [7, 11) is 0. The number of thiophene rings is 3. The molecule has 44 heavy (non-hydrogen) atoms. The second-order valence-electron chi connectivity index (χ2n) is 11.8. The molecular weight excluding hydrogens is 591 g/mol. The van der Waals surface area contributed by atoms with E-state index >= 15 is 0 Å². The van der Waals surface area contributed by atoms with Crippen LogP contribution in [0.25, 0.3) is 51.6 Å². The molecule has 0 aliphatic carbocycles. The van der Waals surface area contributed by atoms with E-state index in [1.54, 1.807) is 11.1 Å². The molecule has 2 aromatic carbocycles. The Labute approximate surface area is 275 Å². The SMILES string of the molecule is CCCCc1c(-c2ccc(-c3ccnc(-c4ccccc4)c3)s2)sc(-c2ccc(-c3c(C)cc(C)cc3C)s2)c1CCCC. The fourth-order valence-electron chi connectivity index (χ4n) is 6.26. The van der Waals surface area contributed by atoms with Crippen molar-refractivity contribution in [3.8, 4) is 51.6 Å². The molecular formula is C40H41NS3. The van der Waals surface area contributed by atoms with Gasteiger partial charge in [0, 0.05) is 41.0 Å². The maximum absolute atomic E-state index is 4.67. The highest BCUT2D eigenvalue weighted by molar-refractivity contribution is 7.28. The Kier molecular flexibility index (Phi) is 9.61. The van der Waals surface area contributed by atoms with E-state index in [1.807, 2.05) is 40.2 Å². The summed E-state index contributed by atoms with van der Waals surface area (Å²) in [6.07, 6.45) is 9.12. The van der Waals surface area contributed by atoms with Crippen molar-refractivity contribution in [3.05, 3.63) is 113 Å². The molecule has 224 valence electrons. The van der Waals surface area contributed by atoms with Gasteiger partial charge in [-0.1, -0.05) is 74.7 Å². The number of nitrogens with zero attached hydrogens (tertiary/aromatic N) is 1. The Morgan fingerprint density at radius 2 is 1.14 bits per heavy atom. The van der Waals surface area contributed by atoms with Crippen LogP contribution >= 0.6 is 34.0 Å². The molecule has 0 fully saturated rings. The van der Waals surface area contributed by atoms with Crippen LogP contribution in [-0.2, 0) is 12.8 Å². The van der Waals surface area contributed by atoms with E-state index in [4.69, 9.17) is 0 Å². The van der Waals surface area contributed by atoms with Gasteiger partial charge in [-0.15, -0.1) is 34.0 Å². The molecule has 4 heterocycles. The zero-order chi connectivity index (χ0) is 30.6. The lowest BCUT2D eigenvalue weighted by Crippen LogP contribution is -1.94. The quantitative estimate of drug-likeness (QED) is 0.139. The maximum atomic E-state index is 4.67. The number of benzene rings is 2. The monoisotopic (exact) mass is 631 g/mol. The van der Waals surface area contributed by atoms with Crippen LogP contribution in [-0.4, -0.2) is 4.98 Å². The predicted octanol–water partition coefficient (Wildman–Crippen LogP) is 13.2. The summed E-state index contributed by atoms with van der Waals surface area (Å²) >= 11 is 5.93. The third-order valence-electron chi connectivity index (χ3n) is 8.37. The summed E-state index contributed by atoms with van der Waals surface area (Å²) in [4.78, 5) is 13.1. The second kappa shape index (κ2) is 13.8. The van der Waals surface area contributed by atoms with Gasteiger partial charge in [0.1, 0.15) is 0 Å². The van der Waals surface area contributed by atoms with E-state index < -0.39 is 0 Å². The Balaban J connectivity index is 1.42. The van der Waals surface area contributed by atoms with Gasteiger partial charge in [0.05, 0.1) is 5.69 Å². The highest BCUT2D eigenvalue weighted by Crippen LogP contribution is 2.49. The molecule has 0 atom stereocenters. The van der Waals surface area contributed by atoms with Crippen molar-refractivity contribution in [2.24, 2.45) is 0 Å². The number of pyridine rings is 1. The number of aromatic nitrogens is 1. The van der Waals surface area contributed by atoms with Crippen LogP contribution in [0.3, 0.4) is 0 Å². The van der Waals surface area contributed by atoms with E-state index in [0.29, 0.717) is 0 Å². The molecule has 0 N–H and O–H groups in total. The zero-order valence-corrected chi connectivity index (χ0v) is 28.9. The third kappa shape index (κ3) is 6.40. The number of hydrogen-bond acceptors (Lipinski definition) is 4. The van der Waals surface area contributed by atoms with E-state index in [9.17, 15) is 0 Å². The van der Waals surface area contributed by atoms with Gasteiger partial charge >= 0.3 is 0 Å². The summed E-state index contributed by atoms with van der Waals surface area (Å²) in [5.41, 5.74) is 12.1. The van der Waals surface area contributed by atoms with Crippen LogP contribution in [0.5, 0.6) is 0 Å². The minimum absolute atomic E-state index is 1.02. The Bertz CT molecular complexity index is 1840. The Hall–Kier alpha value is -3.31. The van der Waals surface area contributed by atoms with Crippen molar-refractivity contribution in [3.63, 3.8) is 0 Å². The predicted molar refractivity (Wildman–Crippen MR) is 196 cm³/mol. The molecule has 0 amide bonds. The van der Waals surface area contributed by atoms with Crippen molar-refractivity contribution in [2.45, 2.75) is 73.1 Å². The van der Waals surface area contributed by atoms with Crippen molar-refractivity contribution in [1.82, 2.24) is 4.98 Å². The van der Waals surface area contributed by atoms with E-state index in [-0.39, 0.29) is 0 Å². The molecule has 1 nitrogen and oxygen atoms in total. The molecule has 0 spiro atoms.